The van der Waals surface area contributed by atoms with Crippen LogP contribution in [0.5, 0.6) is 0 Å². The lowest BCUT2D eigenvalue weighted by molar-refractivity contribution is -0.192. The summed E-state index contributed by atoms with van der Waals surface area (Å²) in [6.45, 7) is 10.1. The summed E-state index contributed by atoms with van der Waals surface area (Å²) >= 11 is 0. The van der Waals surface area contributed by atoms with E-state index in [0.29, 0.717) is 25.1 Å². The van der Waals surface area contributed by atoms with Crippen LogP contribution in [0, 0.1) is 20.8 Å². The number of carbonyl (C=O) groups excluding carboxylic acids is 2. The van der Waals surface area contributed by atoms with Crippen LogP contribution in [0.3, 0.4) is 0 Å². The van der Waals surface area contributed by atoms with Gasteiger partial charge in [0.05, 0.1) is 0 Å². The smallest absolute Gasteiger partial charge is 0.475 e. The van der Waals surface area contributed by atoms with Gasteiger partial charge in [0, 0.05) is 51.3 Å². The van der Waals surface area contributed by atoms with Gasteiger partial charge in [-0.1, -0.05) is 47.0 Å². The number of carboxylic acid groups (broad SMARTS) is 1. The van der Waals surface area contributed by atoms with Gasteiger partial charge in [-0.3, -0.25) is 9.59 Å². The van der Waals surface area contributed by atoms with Gasteiger partial charge in [-0.15, -0.1) is 0 Å². The number of benzene rings is 2. The normalized spacial score (nSPS) is 13.4. The Kier molecular flexibility index (Phi) is 10.5. The quantitative estimate of drug-likeness (QED) is 0.622. The van der Waals surface area contributed by atoms with E-state index in [1.54, 1.807) is 0 Å². The van der Waals surface area contributed by atoms with Crippen molar-refractivity contribution in [2.24, 2.45) is 0 Å². The molecule has 2 N–H and O–H groups in total. The average molecular weight is 508 g/mol. The summed E-state index contributed by atoms with van der Waals surface area (Å²) in [4.78, 5) is 38.6. The monoisotopic (exact) mass is 507 g/mol. The molecular formula is C26H32F3N3O4. The van der Waals surface area contributed by atoms with Crippen molar-refractivity contribution < 1.29 is 32.7 Å². The first-order valence-electron chi connectivity index (χ1n) is 11.6. The molecular weight excluding hydrogens is 475 g/mol. The Morgan fingerprint density at radius 3 is 2.08 bits per heavy atom. The number of hydrogen-bond donors (Lipinski definition) is 2. The highest BCUT2D eigenvalue weighted by Crippen LogP contribution is 2.16. The van der Waals surface area contributed by atoms with Crippen LogP contribution in [0.1, 0.15) is 39.0 Å². The number of carboxylic acids is 1. The van der Waals surface area contributed by atoms with Gasteiger partial charge in [0.2, 0.25) is 5.91 Å². The molecule has 10 heteroatoms. The van der Waals surface area contributed by atoms with Gasteiger partial charge in [-0.25, -0.2) is 4.79 Å². The second kappa shape index (κ2) is 13.1. The van der Waals surface area contributed by atoms with Gasteiger partial charge in [0.1, 0.15) is 0 Å². The van der Waals surface area contributed by atoms with Crippen LogP contribution < -0.4 is 5.32 Å². The van der Waals surface area contributed by atoms with E-state index >= 15 is 0 Å². The summed E-state index contributed by atoms with van der Waals surface area (Å²) in [5.74, 6) is -2.66. The number of alkyl halides is 3. The van der Waals surface area contributed by atoms with E-state index in [1.165, 1.54) is 0 Å². The highest BCUT2D eigenvalue weighted by atomic mass is 19.4. The molecule has 36 heavy (non-hydrogen) atoms. The van der Waals surface area contributed by atoms with Gasteiger partial charge < -0.3 is 20.2 Å². The molecule has 2 aromatic rings. The van der Waals surface area contributed by atoms with Crippen LogP contribution in [-0.4, -0.2) is 71.6 Å². The van der Waals surface area contributed by atoms with E-state index in [2.05, 4.69) is 17.4 Å². The maximum absolute atomic E-state index is 13.3. The van der Waals surface area contributed by atoms with E-state index in [1.807, 2.05) is 60.9 Å². The molecule has 7 nitrogen and oxygen atoms in total. The van der Waals surface area contributed by atoms with Gasteiger partial charge >= 0.3 is 12.1 Å². The number of nitrogens with zero attached hydrogens (tertiary/aromatic N) is 2. The fourth-order valence-corrected chi connectivity index (χ4v) is 3.87. The van der Waals surface area contributed by atoms with Crippen molar-refractivity contribution in [2.75, 3.05) is 32.7 Å². The Hall–Kier alpha value is -3.40. The van der Waals surface area contributed by atoms with Crippen LogP contribution >= 0.6 is 0 Å². The molecule has 2 amide bonds. The number of aryl methyl sites for hydroxylation is 3. The summed E-state index contributed by atoms with van der Waals surface area (Å²) in [7, 11) is 0. The van der Waals surface area contributed by atoms with Crippen molar-refractivity contribution in [3.8, 4) is 0 Å². The number of piperazine rings is 1. The zero-order chi connectivity index (χ0) is 26.9. The van der Waals surface area contributed by atoms with Crippen LogP contribution in [0.4, 0.5) is 13.2 Å². The van der Waals surface area contributed by atoms with Gasteiger partial charge in [-0.05, 0) is 38.5 Å². The zero-order valence-corrected chi connectivity index (χ0v) is 20.7. The third kappa shape index (κ3) is 9.33. The first-order chi connectivity index (χ1) is 16.9. The van der Waals surface area contributed by atoms with Crippen molar-refractivity contribution >= 4 is 17.8 Å². The molecule has 196 valence electrons. The van der Waals surface area contributed by atoms with Crippen molar-refractivity contribution in [1.82, 2.24) is 15.1 Å². The Bertz CT molecular complexity index is 1050. The highest BCUT2D eigenvalue weighted by molar-refractivity contribution is 5.95. The molecule has 2 aromatic carbocycles. The lowest BCUT2D eigenvalue weighted by Crippen LogP contribution is -2.47. The number of aliphatic carboxylic acids is 1. The van der Waals surface area contributed by atoms with E-state index < -0.39 is 12.1 Å². The fourth-order valence-electron chi connectivity index (χ4n) is 3.87. The Morgan fingerprint density at radius 2 is 1.56 bits per heavy atom. The first-order valence-corrected chi connectivity index (χ1v) is 11.6. The minimum absolute atomic E-state index is 0.0218. The number of nitrogens with one attached hydrogen (secondary N) is 1. The second-order valence-corrected chi connectivity index (χ2v) is 8.78. The second-order valence-electron chi connectivity index (χ2n) is 8.78. The van der Waals surface area contributed by atoms with Crippen molar-refractivity contribution in [3.63, 3.8) is 0 Å². The Morgan fingerprint density at radius 1 is 0.972 bits per heavy atom. The predicted octanol–water partition coefficient (Wildman–Crippen LogP) is 3.71. The number of amides is 2. The molecule has 1 aliphatic rings. The summed E-state index contributed by atoms with van der Waals surface area (Å²) in [6.07, 6.45) is -4.73. The van der Waals surface area contributed by atoms with Crippen LogP contribution in [0.15, 0.2) is 42.5 Å². The molecule has 0 aromatic heterocycles. The lowest BCUT2D eigenvalue weighted by atomic mass is 10.1. The van der Waals surface area contributed by atoms with Crippen LogP contribution in [0.25, 0.3) is 0 Å². The van der Waals surface area contributed by atoms with E-state index in [4.69, 9.17) is 9.90 Å². The first kappa shape index (κ1) is 28.8. The Labute approximate surface area is 208 Å². The van der Waals surface area contributed by atoms with Crippen molar-refractivity contribution in [2.45, 2.75) is 39.9 Å². The van der Waals surface area contributed by atoms with Crippen molar-refractivity contribution in [1.29, 1.82) is 0 Å². The maximum atomic E-state index is 13.3. The maximum Gasteiger partial charge on any atom is 0.490 e. The molecule has 0 spiro atoms. The topological polar surface area (TPSA) is 90.0 Å². The average Bonchev–Trinajstić information content (AvgIpc) is 2.81. The van der Waals surface area contributed by atoms with Crippen LogP contribution in [0.2, 0.25) is 0 Å². The lowest BCUT2D eigenvalue weighted by Gasteiger charge is -2.29. The zero-order valence-electron chi connectivity index (χ0n) is 20.7. The largest absolute Gasteiger partial charge is 0.490 e. The minimum atomic E-state index is -5.08. The third-order valence-corrected chi connectivity index (χ3v) is 5.52. The van der Waals surface area contributed by atoms with E-state index in [9.17, 15) is 22.8 Å². The summed E-state index contributed by atoms with van der Waals surface area (Å²) in [5.41, 5.74) is 5.07. The molecule has 1 saturated heterocycles. The molecule has 0 bridgehead atoms. The Balaban J connectivity index is 0.000000572. The van der Waals surface area contributed by atoms with Crippen LogP contribution in [-0.2, 0) is 16.1 Å². The number of carbonyl (C=O) groups is 3. The van der Waals surface area contributed by atoms with E-state index in [0.717, 1.165) is 48.4 Å². The van der Waals surface area contributed by atoms with E-state index in [-0.39, 0.29) is 11.8 Å². The number of rotatable bonds is 6. The van der Waals surface area contributed by atoms with Gasteiger partial charge in [0.15, 0.2) is 0 Å². The molecule has 0 aliphatic carbocycles. The molecule has 1 fully saturated rings. The third-order valence-electron chi connectivity index (χ3n) is 5.52. The predicted molar refractivity (Wildman–Crippen MR) is 130 cm³/mol. The molecule has 0 saturated carbocycles. The SMILES string of the molecule is Cc1cccc(CN(CCC(=O)N2CCNCC2)C(=O)c2cc(C)cc(C)c2)c1.O=C(O)C(F)(F)F. The highest BCUT2D eigenvalue weighted by Gasteiger charge is 2.38. The summed E-state index contributed by atoms with van der Waals surface area (Å²) in [6, 6.07) is 14.1. The molecule has 1 aliphatic heterocycles. The standard InChI is InChI=1S/C24H31N3O2.C2HF3O2/c1-18-5-4-6-21(14-18)17-27(10-7-23(28)26-11-8-25-9-12-26)24(29)22-15-19(2)13-20(3)16-22;3-2(4,5)1(6)7/h4-6,13-16,25H,7-12,17H2,1-3H3;(H,6,7). The summed E-state index contributed by atoms with van der Waals surface area (Å²) < 4.78 is 31.7. The van der Waals surface area contributed by atoms with Crippen molar-refractivity contribution in [3.05, 3.63) is 70.3 Å². The number of hydrogen-bond acceptors (Lipinski definition) is 4. The molecule has 0 atom stereocenters. The van der Waals surface area contributed by atoms with Gasteiger partial charge in [-0.2, -0.15) is 13.2 Å². The molecule has 3 rings (SSSR count). The fraction of sp³-hybridized carbons (Fsp3) is 0.423. The molecule has 1 heterocycles. The van der Waals surface area contributed by atoms with Gasteiger partial charge in [0.25, 0.3) is 5.91 Å². The summed E-state index contributed by atoms with van der Waals surface area (Å²) in [5, 5.41) is 10.4. The molecule has 0 unspecified atom stereocenters. The minimum Gasteiger partial charge on any atom is -0.475 e. The number of halogens is 3. The molecule has 0 radical (unpaired) electrons.